The molecule has 1 saturated heterocycles. The predicted molar refractivity (Wildman–Crippen MR) is 135 cm³/mol. The third-order valence-electron chi connectivity index (χ3n) is 6.36. The normalized spacial score (nSPS) is 17.3. The largest absolute Gasteiger partial charge is 0.508 e. The zero-order valence-electron chi connectivity index (χ0n) is 20.6. The predicted octanol–water partition coefficient (Wildman–Crippen LogP) is -0.752. The van der Waals surface area contributed by atoms with Gasteiger partial charge in [-0.15, -0.1) is 0 Å². The standard InChI is InChI=1S/C26H32N4O8/c27-19(12-15-3-7-17(32)8-4-15)23(34)28-20(13-16-5-9-18(33)10-6-16)25(36)30-11-1-2-22(30)24(35)29-21(14-31)26(37)38/h3-10,19-22,31-33H,1-2,11-14,27H2,(H,28,34)(H,29,35)(H,37,38). The summed E-state index contributed by atoms with van der Waals surface area (Å²) in [5.41, 5.74) is 7.45. The highest BCUT2D eigenvalue weighted by Crippen LogP contribution is 2.21. The first-order chi connectivity index (χ1) is 18.1. The van der Waals surface area contributed by atoms with E-state index in [1.165, 1.54) is 29.2 Å². The zero-order valence-corrected chi connectivity index (χ0v) is 20.6. The molecular weight excluding hydrogens is 496 g/mol. The summed E-state index contributed by atoms with van der Waals surface area (Å²) in [6, 6.07) is 7.72. The number of hydrogen-bond acceptors (Lipinski definition) is 8. The zero-order chi connectivity index (χ0) is 27.8. The van der Waals surface area contributed by atoms with Crippen molar-refractivity contribution in [1.29, 1.82) is 0 Å². The number of likely N-dealkylation sites (tertiary alicyclic amines) is 1. The van der Waals surface area contributed by atoms with Gasteiger partial charge in [0, 0.05) is 13.0 Å². The van der Waals surface area contributed by atoms with Crippen LogP contribution in [0.1, 0.15) is 24.0 Å². The number of carboxylic acid groups (broad SMARTS) is 1. The molecule has 2 aromatic rings. The highest BCUT2D eigenvalue weighted by molar-refractivity contribution is 5.94. The van der Waals surface area contributed by atoms with E-state index in [0.29, 0.717) is 17.5 Å². The number of carbonyl (C=O) groups is 4. The number of hydrogen-bond donors (Lipinski definition) is 7. The van der Waals surface area contributed by atoms with Gasteiger partial charge >= 0.3 is 5.97 Å². The molecule has 4 atom stereocenters. The molecule has 0 spiro atoms. The fourth-order valence-electron chi connectivity index (χ4n) is 4.28. The van der Waals surface area contributed by atoms with Gasteiger partial charge in [0.05, 0.1) is 12.6 Å². The van der Waals surface area contributed by atoms with Gasteiger partial charge in [-0.05, 0) is 54.7 Å². The maximum absolute atomic E-state index is 13.6. The number of carboxylic acids is 1. The summed E-state index contributed by atoms with van der Waals surface area (Å²) < 4.78 is 0. The average molecular weight is 529 g/mol. The van der Waals surface area contributed by atoms with Crippen molar-refractivity contribution in [2.24, 2.45) is 5.73 Å². The second-order valence-corrected chi connectivity index (χ2v) is 9.18. The summed E-state index contributed by atoms with van der Waals surface area (Å²) in [5.74, 6) is -3.15. The quantitative estimate of drug-likeness (QED) is 0.196. The molecular formula is C26H32N4O8. The fraction of sp³-hybridized carbons (Fsp3) is 0.385. The molecule has 12 nitrogen and oxygen atoms in total. The Hall–Kier alpha value is -4.16. The van der Waals surface area contributed by atoms with E-state index in [9.17, 15) is 34.5 Å². The van der Waals surface area contributed by atoms with E-state index in [1.54, 1.807) is 24.3 Å². The fourth-order valence-corrected chi connectivity index (χ4v) is 4.28. The number of rotatable bonds is 11. The molecule has 8 N–H and O–H groups in total. The molecule has 204 valence electrons. The smallest absolute Gasteiger partial charge is 0.328 e. The lowest BCUT2D eigenvalue weighted by Crippen LogP contribution is -2.57. The van der Waals surface area contributed by atoms with Crippen LogP contribution in [0.15, 0.2) is 48.5 Å². The molecule has 3 amide bonds. The topological polar surface area (TPSA) is 203 Å². The highest BCUT2D eigenvalue weighted by Gasteiger charge is 2.39. The highest BCUT2D eigenvalue weighted by atomic mass is 16.4. The average Bonchev–Trinajstić information content (AvgIpc) is 3.39. The van der Waals surface area contributed by atoms with Crippen LogP contribution in [0.4, 0.5) is 0 Å². The Kier molecular flexibility index (Phi) is 9.63. The molecule has 0 aromatic heterocycles. The van der Waals surface area contributed by atoms with Crippen molar-refractivity contribution < 1.29 is 39.6 Å². The summed E-state index contributed by atoms with van der Waals surface area (Å²) in [5, 5.41) is 42.4. The molecule has 4 unspecified atom stereocenters. The van der Waals surface area contributed by atoms with Gasteiger partial charge in [0.25, 0.3) is 0 Å². The van der Waals surface area contributed by atoms with Crippen LogP contribution in [0.2, 0.25) is 0 Å². The molecule has 1 fully saturated rings. The Labute approximate surface area is 219 Å². The van der Waals surface area contributed by atoms with Crippen LogP contribution in [0.5, 0.6) is 11.5 Å². The van der Waals surface area contributed by atoms with Crippen molar-refractivity contribution in [3.63, 3.8) is 0 Å². The molecule has 0 saturated carbocycles. The van der Waals surface area contributed by atoms with Crippen LogP contribution in [0.25, 0.3) is 0 Å². The summed E-state index contributed by atoms with van der Waals surface area (Å²) in [7, 11) is 0. The molecule has 38 heavy (non-hydrogen) atoms. The van der Waals surface area contributed by atoms with Gasteiger partial charge in [-0.2, -0.15) is 0 Å². The van der Waals surface area contributed by atoms with E-state index < -0.39 is 54.5 Å². The number of aliphatic hydroxyl groups is 1. The maximum Gasteiger partial charge on any atom is 0.328 e. The van der Waals surface area contributed by atoms with Crippen LogP contribution < -0.4 is 16.4 Å². The summed E-state index contributed by atoms with van der Waals surface area (Å²) >= 11 is 0. The van der Waals surface area contributed by atoms with Crippen molar-refractivity contribution >= 4 is 23.7 Å². The molecule has 12 heteroatoms. The third kappa shape index (κ3) is 7.43. The number of aromatic hydroxyl groups is 2. The van der Waals surface area contributed by atoms with Crippen molar-refractivity contribution in [3.8, 4) is 11.5 Å². The molecule has 0 aliphatic carbocycles. The first-order valence-electron chi connectivity index (χ1n) is 12.1. The molecule has 1 aliphatic rings. The number of amides is 3. The Morgan fingerprint density at radius 3 is 1.97 bits per heavy atom. The van der Waals surface area contributed by atoms with Gasteiger partial charge in [0.1, 0.15) is 29.6 Å². The molecule has 0 bridgehead atoms. The van der Waals surface area contributed by atoms with E-state index in [2.05, 4.69) is 10.6 Å². The minimum Gasteiger partial charge on any atom is -0.508 e. The monoisotopic (exact) mass is 528 g/mol. The van der Waals surface area contributed by atoms with Crippen LogP contribution in [-0.4, -0.2) is 86.3 Å². The number of phenols is 2. The number of carbonyl (C=O) groups excluding carboxylic acids is 3. The molecule has 1 heterocycles. The van der Waals surface area contributed by atoms with E-state index in [4.69, 9.17) is 10.8 Å². The number of nitrogens with two attached hydrogens (primary N) is 1. The molecule has 2 aromatic carbocycles. The van der Waals surface area contributed by atoms with E-state index in [-0.39, 0.29) is 37.3 Å². The number of aliphatic hydroxyl groups excluding tert-OH is 1. The number of phenolic OH excluding ortho intramolecular Hbond substituents is 2. The van der Waals surface area contributed by atoms with Gasteiger partial charge in [-0.25, -0.2) is 4.79 Å². The minimum absolute atomic E-state index is 0.0322. The molecule has 1 aliphatic heterocycles. The minimum atomic E-state index is -1.51. The number of nitrogens with zero attached hydrogens (tertiary/aromatic N) is 1. The molecule has 3 rings (SSSR count). The van der Waals surface area contributed by atoms with Crippen LogP contribution >= 0.6 is 0 Å². The Bertz CT molecular complexity index is 1140. The van der Waals surface area contributed by atoms with Crippen LogP contribution in [-0.2, 0) is 32.0 Å². The van der Waals surface area contributed by atoms with Crippen molar-refractivity contribution in [3.05, 3.63) is 59.7 Å². The number of nitrogens with one attached hydrogen (secondary N) is 2. The molecule has 0 radical (unpaired) electrons. The van der Waals surface area contributed by atoms with Gasteiger partial charge < -0.3 is 41.7 Å². The van der Waals surface area contributed by atoms with Gasteiger partial charge in [-0.1, -0.05) is 24.3 Å². The SMILES string of the molecule is NC(Cc1ccc(O)cc1)C(=O)NC(Cc1ccc(O)cc1)C(=O)N1CCCC1C(=O)NC(CO)C(=O)O. The Balaban J connectivity index is 1.77. The number of aliphatic carboxylic acids is 1. The number of benzene rings is 2. The summed E-state index contributed by atoms with van der Waals surface area (Å²) in [4.78, 5) is 51.9. The van der Waals surface area contributed by atoms with E-state index in [1.807, 2.05) is 0 Å². The van der Waals surface area contributed by atoms with E-state index >= 15 is 0 Å². The lowest BCUT2D eigenvalue weighted by molar-refractivity contribution is -0.145. The van der Waals surface area contributed by atoms with Gasteiger partial charge in [-0.3, -0.25) is 14.4 Å². The van der Waals surface area contributed by atoms with Crippen molar-refractivity contribution in [2.75, 3.05) is 13.2 Å². The first kappa shape index (κ1) is 28.4. The second kappa shape index (κ2) is 12.9. The Morgan fingerprint density at radius 1 is 0.895 bits per heavy atom. The first-order valence-corrected chi connectivity index (χ1v) is 12.1. The van der Waals surface area contributed by atoms with Gasteiger partial charge in [0.15, 0.2) is 0 Å². The Morgan fingerprint density at radius 2 is 1.45 bits per heavy atom. The van der Waals surface area contributed by atoms with Crippen LogP contribution in [0.3, 0.4) is 0 Å². The third-order valence-corrected chi connectivity index (χ3v) is 6.36. The maximum atomic E-state index is 13.6. The lowest BCUT2D eigenvalue weighted by Gasteiger charge is -2.30. The van der Waals surface area contributed by atoms with E-state index in [0.717, 1.165) is 0 Å². The summed E-state index contributed by atoms with van der Waals surface area (Å²) in [6.07, 6.45) is 0.977. The van der Waals surface area contributed by atoms with Gasteiger partial charge in [0.2, 0.25) is 17.7 Å². The van der Waals surface area contributed by atoms with Crippen molar-refractivity contribution in [2.45, 2.75) is 49.9 Å². The summed E-state index contributed by atoms with van der Waals surface area (Å²) in [6.45, 7) is -0.588. The lowest BCUT2D eigenvalue weighted by atomic mass is 10.0. The second-order valence-electron chi connectivity index (χ2n) is 9.18. The van der Waals surface area contributed by atoms with Crippen LogP contribution in [0, 0.1) is 0 Å². The van der Waals surface area contributed by atoms with Crippen molar-refractivity contribution in [1.82, 2.24) is 15.5 Å².